The summed E-state index contributed by atoms with van der Waals surface area (Å²) in [4.78, 5) is 24.0. The summed E-state index contributed by atoms with van der Waals surface area (Å²) < 4.78 is 11.2. The average Bonchev–Trinajstić information content (AvgIpc) is 3.40. The fourth-order valence-corrected chi connectivity index (χ4v) is 3.76. The standard InChI is InChI=1S/C19H23NO5/c21-16(11-19(18(22)23)6-1-7-19)20-17(12-2-3-12)13-4-5-14-15(10-13)25-9-8-24-14/h4-5,10,12,17H,1-3,6-9,11H2,(H,20,21)(H,22,23). The Hall–Kier alpha value is -2.24. The minimum absolute atomic E-state index is 0.0656. The second kappa shape index (κ2) is 6.24. The van der Waals surface area contributed by atoms with Crippen LogP contribution in [0.5, 0.6) is 11.5 Å². The molecule has 4 rings (SSSR count). The third-order valence-electron chi connectivity index (χ3n) is 5.60. The number of carbonyl (C=O) groups is 2. The highest BCUT2D eigenvalue weighted by Gasteiger charge is 2.46. The third kappa shape index (κ3) is 3.17. The summed E-state index contributed by atoms with van der Waals surface area (Å²) in [7, 11) is 0. The molecule has 1 amide bonds. The van der Waals surface area contributed by atoms with Gasteiger partial charge in [-0.3, -0.25) is 9.59 Å². The second-order valence-corrected chi connectivity index (χ2v) is 7.40. The molecule has 0 saturated heterocycles. The van der Waals surface area contributed by atoms with Crippen LogP contribution in [0.1, 0.15) is 50.1 Å². The highest BCUT2D eigenvalue weighted by molar-refractivity contribution is 5.86. The molecule has 25 heavy (non-hydrogen) atoms. The summed E-state index contributed by atoms with van der Waals surface area (Å²) in [6.45, 7) is 1.07. The molecule has 2 fully saturated rings. The lowest BCUT2D eigenvalue weighted by atomic mass is 9.66. The van der Waals surface area contributed by atoms with Gasteiger partial charge in [0.15, 0.2) is 11.5 Å². The molecule has 2 aliphatic carbocycles. The molecule has 6 nitrogen and oxygen atoms in total. The molecule has 1 aliphatic heterocycles. The number of hydrogen-bond donors (Lipinski definition) is 2. The van der Waals surface area contributed by atoms with E-state index in [4.69, 9.17) is 9.47 Å². The van der Waals surface area contributed by atoms with Crippen molar-refractivity contribution in [1.29, 1.82) is 0 Å². The van der Waals surface area contributed by atoms with E-state index in [1.54, 1.807) is 0 Å². The summed E-state index contributed by atoms with van der Waals surface area (Å²) in [5, 5.41) is 12.5. The van der Waals surface area contributed by atoms with Crippen molar-refractivity contribution in [3.63, 3.8) is 0 Å². The van der Waals surface area contributed by atoms with Gasteiger partial charge in [0.05, 0.1) is 11.5 Å². The number of nitrogens with one attached hydrogen (secondary N) is 1. The molecule has 0 radical (unpaired) electrons. The molecule has 134 valence electrons. The summed E-state index contributed by atoms with van der Waals surface area (Å²) in [5.74, 6) is 0.832. The van der Waals surface area contributed by atoms with E-state index >= 15 is 0 Å². The Morgan fingerprint density at radius 3 is 2.52 bits per heavy atom. The van der Waals surface area contributed by atoms with Gasteiger partial charge >= 0.3 is 5.97 Å². The molecule has 3 aliphatic rings. The van der Waals surface area contributed by atoms with E-state index in [0.29, 0.717) is 37.7 Å². The van der Waals surface area contributed by atoms with Crippen molar-refractivity contribution in [2.24, 2.45) is 11.3 Å². The number of hydrogen-bond acceptors (Lipinski definition) is 4. The lowest BCUT2D eigenvalue weighted by Gasteiger charge is -2.37. The van der Waals surface area contributed by atoms with Gasteiger partial charge in [0.2, 0.25) is 5.91 Å². The Labute approximate surface area is 146 Å². The zero-order valence-corrected chi connectivity index (χ0v) is 14.1. The SMILES string of the molecule is O=C(CC1(C(=O)O)CCC1)NC(c1ccc2c(c1)OCCO2)C1CC1. The highest BCUT2D eigenvalue weighted by atomic mass is 16.6. The predicted molar refractivity (Wildman–Crippen MR) is 89.6 cm³/mol. The smallest absolute Gasteiger partial charge is 0.310 e. The van der Waals surface area contributed by atoms with E-state index < -0.39 is 11.4 Å². The van der Waals surface area contributed by atoms with Gasteiger partial charge < -0.3 is 19.9 Å². The van der Waals surface area contributed by atoms with Crippen LogP contribution in [0.2, 0.25) is 0 Å². The maximum Gasteiger partial charge on any atom is 0.310 e. The first-order chi connectivity index (χ1) is 12.1. The van der Waals surface area contributed by atoms with E-state index in [1.165, 1.54) is 0 Å². The zero-order valence-electron chi connectivity index (χ0n) is 14.1. The Bertz CT molecular complexity index is 693. The number of ether oxygens (including phenoxy) is 2. The van der Waals surface area contributed by atoms with E-state index in [2.05, 4.69) is 5.32 Å². The van der Waals surface area contributed by atoms with Crippen molar-refractivity contribution in [2.75, 3.05) is 13.2 Å². The molecule has 1 aromatic carbocycles. The molecular formula is C19H23NO5. The van der Waals surface area contributed by atoms with Gasteiger partial charge in [-0.1, -0.05) is 12.5 Å². The van der Waals surface area contributed by atoms with E-state index in [-0.39, 0.29) is 18.4 Å². The minimum atomic E-state index is -0.856. The fourth-order valence-electron chi connectivity index (χ4n) is 3.76. The lowest BCUT2D eigenvalue weighted by Crippen LogP contribution is -2.43. The molecule has 2 N–H and O–H groups in total. The van der Waals surface area contributed by atoms with E-state index in [9.17, 15) is 14.7 Å². The van der Waals surface area contributed by atoms with Gasteiger partial charge in [-0.15, -0.1) is 0 Å². The zero-order chi connectivity index (χ0) is 17.4. The second-order valence-electron chi connectivity index (χ2n) is 7.40. The quantitative estimate of drug-likeness (QED) is 0.828. The number of aliphatic carboxylic acids is 1. The van der Waals surface area contributed by atoms with Crippen LogP contribution in [0, 0.1) is 11.3 Å². The maximum atomic E-state index is 12.5. The van der Waals surface area contributed by atoms with Crippen LogP contribution < -0.4 is 14.8 Å². The maximum absolute atomic E-state index is 12.5. The van der Waals surface area contributed by atoms with Crippen LogP contribution in [-0.4, -0.2) is 30.2 Å². The number of carboxylic acids is 1. The summed E-state index contributed by atoms with van der Waals surface area (Å²) >= 11 is 0. The van der Waals surface area contributed by atoms with Crippen molar-refractivity contribution >= 4 is 11.9 Å². The molecule has 0 spiro atoms. The summed E-state index contributed by atoms with van der Waals surface area (Å²) in [5.41, 5.74) is 0.142. The van der Waals surface area contributed by atoms with Gasteiger partial charge in [0.1, 0.15) is 13.2 Å². The summed E-state index contributed by atoms with van der Waals surface area (Å²) in [6, 6.07) is 5.70. The first-order valence-corrected chi connectivity index (χ1v) is 9.00. The Morgan fingerprint density at radius 1 is 1.20 bits per heavy atom. The van der Waals surface area contributed by atoms with Crippen LogP contribution in [0.15, 0.2) is 18.2 Å². The predicted octanol–water partition coefficient (Wildman–Crippen LogP) is 2.67. The van der Waals surface area contributed by atoms with E-state index in [1.807, 2.05) is 18.2 Å². The van der Waals surface area contributed by atoms with Crippen molar-refractivity contribution in [3.8, 4) is 11.5 Å². The van der Waals surface area contributed by atoms with Gasteiger partial charge in [-0.25, -0.2) is 0 Å². The largest absolute Gasteiger partial charge is 0.486 e. The van der Waals surface area contributed by atoms with E-state index in [0.717, 1.165) is 30.6 Å². The van der Waals surface area contributed by atoms with Crippen LogP contribution in [0.25, 0.3) is 0 Å². The first-order valence-electron chi connectivity index (χ1n) is 9.00. The van der Waals surface area contributed by atoms with Gasteiger partial charge in [-0.05, 0) is 49.3 Å². The molecule has 1 atom stereocenters. The monoisotopic (exact) mass is 345 g/mol. The van der Waals surface area contributed by atoms with Crippen LogP contribution in [0.4, 0.5) is 0 Å². The fraction of sp³-hybridized carbons (Fsp3) is 0.579. The van der Waals surface area contributed by atoms with Gasteiger partial charge in [-0.2, -0.15) is 0 Å². The Morgan fingerprint density at radius 2 is 1.92 bits per heavy atom. The number of benzene rings is 1. The number of rotatable bonds is 6. The van der Waals surface area contributed by atoms with Gasteiger partial charge in [0, 0.05) is 6.42 Å². The number of amides is 1. The number of carbonyl (C=O) groups excluding carboxylic acids is 1. The molecule has 0 bridgehead atoms. The molecule has 0 aromatic heterocycles. The summed E-state index contributed by atoms with van der Waals surface area (Å²) in [6.07, 6.45) is 4.28. The third-order valence-corrected chi connectivity index (χ3v) is 5.60. The first kappa shape index (κ1) is 16.2. The Kier molecular flexibility index (Phi) is 4.06. The molecule has 1 aromatic rings. The van der Waals surface area contributed by atoms with Crippen molar-refractivity contribution < 1.29 is 24.2 Å². The van der Waals surface area contributed by atoms with Crippen molar-refractivity contribution in [1.82, 2.24) is 5.32 Å². The lowest BCUT2D eigenvalue weighted by molar-refractivity contribution is -0.157. The highest BCUT2D eigenvalue weighted by Crippen LogP contribution is 2.46. The van der Waals surface area contributed by atoms with Crippen LogP contribution in [0.3, 0.4) is 0 Å². The topological polar surface area (TPSA) is 84.9 Å². The van der Waals surface area contributed by atoms with Crippen LogP contribution in [-0.2, 0) is 9.59 Å². The number of fused-ring (bicyclic) bond motifs is 1. The van der Waals surface area contributed by atoms with Crippen molar-refractivity contribution in [2.45, 2.75) is 44.6 Å². The van der Waals surface area contributed by atoms with Gasteiger partial charge in [0.25, 0.3) is 0 Å². The molecule has 1 unspecified atom stereocenters. The van der Waals surface area contributed by atoms with Crippen LogP contribution >= 0.6 is 0 Å². The molecule has 1 heterocycles. The van der Waals surface area contributed by atoms with Crippen molar-refractivity contribution in [3.05, 3.63) is 23.8 Å². The normalized spacial score (nSPS) is 21.8. The minimum Gasteiger partial charge on any atom is -0.486 e. The Balaban J connectivity index is 1.48. The average molecular weight is 345 g/mol. The number of carboxylic acid groups (broad SMARTS) is 1. The molecule has 2 saturated carbocycles. The molecular weight excluding hydrogens is 322 g/mol. The molecule has 6 heteroatoms.